The van der Waals surface area contributed by atoms with Crippen LogP contribution in [0.3, 0.4) is 0 Å². The largest absolute Gasteiger partial charge is 0.373 e. The van der Waals surface area contributed by atoms with Gasteiger partial charge in [-0.25, -0.2) is 0 Å². The van der Waals surface area contributed by atoms with Crippen molar-refractivity contribution in [2.45, 2.75) is 83.3 Å². The first-order valence-electron chi connectivity index (χ1n) is 8.26. The Morgan fingerprint density at radius 1 is 1.37 bits per heavy atom. The molecule has 0 amide bonds. The monoisotopic (exact) mass is 265 g/mol. The molecule has 2 N–H and O–H groups in total. The lowest BCUT2D eigenvalue weighted by Gasteiger charge is -2.44. The van der Waals surface area contributed by atoms with E-state index >= 15 is 0 Å². The van der Waals surface area contributed by atoms with Gasteiger partial charge in [0.15, 0.2) is 0 Å². The second-order valence-electron chi connectivity index (χ2n) is 6.56. The smallest absolute Gasteiger partial charge is 0.0873 e. The maximum Gasteiger partial charge on any atom is 0.0873 e. The SMILES string of the molecule is CCOC1(C(N)C2=CCCCCC2)CCCC(C)C1. The van der Waals surface area contributed by atoms with Crippen molar-refractivity contribution in [3.05, 3.63) is 11.6 Å². The molecule has 0 bridgehead atoms. The molecule has 110 valence electrons. The Hall–Kier alpha value is -0.340. The van der Waals surface area contributed by atoms with Crippen LogP contribution in [0.25, 0.3) is 0 Å². The van der Waals surface area contributed by atoms with Crippen LogP contribution in [0.2, 0.25) is 0 Å². The topological polar surface area (TPSA) is 35.2 Å². The van der Waals surface area contributed by atoms with E-state index in [4.69, 9.17) is 10.5 Å². The first-order valence-corrected chi connectivity index (χ1v) is 8.26. The van der Waals surface area contributed by atoms with Gasteiger partial charge in [0.1, 0.15) is 0 Å². The Balaban J connectivity index is 2.14. The average molecular weight is 265 g/mol. The number of hydrogen-bond donors (Lipinski definition) is 1. The van der Waals surface area contributed by atoms with Gasteiger partial charge in [-0.2, -0.15) is 0 Å². The summed E-state index contributed by atoms with van der Waals surface area (Å²) < 4.78 is 6.23. The number of allylic oxidation sites excluding steroid dienone is 1. The summed E-state index contributed by atoms with van der Waals surface area (Å²) in [6, 6.07) is 0.119. The van der Waals surface area contributed by atoms with E-state index in [2.05, 4.69) is 19.9 Å². The maximum atomic E-state index is 6.68. The van der Waals surface area contributed by atoms with E-state index in [0.717, 1.165) is 25.4 Å². The van der Waals surface area contributed by atoms with Crippen LogP contribution in [0.1, 0.15) is 71.6 Å². The third-order valence-corrected chi connectivity index (χ3v) is 4.97. The summed E-state index contributed by atoms with van der Waals surface area (Å²) in [6.45, 7) is 5.24. The fourth-order valence-electron chi connectivity index (χ4n) is 3.99. The van der Waals surface area contributed by atoms with Gasteiger partial charge in [0.05, 0.1) is 11.6 Å². The third-order valence-electron chi connectivity index (χ3n) is 4.97. The van der Waals surface area contributed by atoms with Gasteiger partial charge in [0, 0.05) is 6.61 Å². The highest BCUT2D eigenvalue weighted by atomic mass is 16.5. The van der Waals surface area contributed by atoms with Gasteiger partial charge in [0.25, 0.3) is 0 Å². The van der Waals surface area contributed by atoms with Crippen molar-refractivity contribution in [3.8, 4) is 0 Å². The summed E-state index contributed by atoms with van der Waals surface area (Å²) in [4.78, 5) is 0. The van der Waals surface area contributed by atoms with E-state index in [1.165, 1.54) is 50.5 Å². The molecule has 0 spiro atoms. The van der Waals surface area contributed by atoms with Crippen molar-refractivity contribution in [2.75, 3.05) is 6.61 Å². The summed E-state index contributed by atoms with van der Waals surface area (Å²) in [6.07, 6.45) is 13.7. The van der Waals surface area contributed by atoms with E-state index < -0.39 is 0 Å². The quantitative estimate of drug-likeness (QED) is 0.774. The molecule has 0 aromatic rings. The minimum atomic E-state index is -0.0808. The fourth-order valence-corrected chi connectivity index (χ4v) is 3.99. The zero-order chi connectivity index (χ0) is 13.7. The number of rotatable bonds is 4. The van der Waals surface area contributed by atoms with Crippen LogP contribution in [0, 0.1) is 5.92 Å². The highest BCUT2D eigenvalue weighted by Gasteiger charge is 2.42. The third kappa shape index (κ3) is 3.61. The van der Waals surface area contributed by atoms with Crippen LogP contribution in [-0.4, -0.2) is 18.2 Å². The molecule has 2 rings (SSSR count). The normalized spacial score (nSPS) is 34.5. The van der Waals surface area contributed by atoms with Gasteiger partial charge < -0.3 is 10.5 Å². The molecular weight excluding hydrogens is 234 g/mol. The standard InChI is InChI=1S/C17H31NO/c1-3-19-17(12-8-9-14(2)13-17)16(18)15-10-6-4-5-7-11-15/h10,14,16H,3-9,11-13,18H2,1-2H3. The van der Waals surface area contributed by atoms with Crippen LogP contribution >= 0.6 is 0 Å². The average Bonchev–Trinajstić information content (AvgIpc) is 2.67. The van der Waals surface area contributed by atoms with Gasteiger partial charge in [-0.3, -0.25) is 0 Å². The molecule has 0 saturated heterocycles. The molecule has 19 heavy (non-hydrogen) atoms. The van der Waals surface area contributed by atoms with Gasteiger partial charge in [0.2, 0.25) is 0 Å². The number of nitrogens with two attached hydrogens (primary N) is 1. The van der Waals surface area contributed by atoms with Crippen LogP contribution in [0.15, 0.2) is 11.6 Å². The van der Waals surface area contributed by atoms with Gasteiger partial charge in [-0.05, 0) is 51.4 Å². The van der Waals surface area contributed by atoms with Crippen molar-refractivity contribution in [1.82, 2.24) is 0 Å². The lowest BCUT2D eigenvalue weighted by molar-refractivity contribution is -0.0861. The Labute approximate surface area is 118 Å². The number of hydrogen-bond acceptors (Lipinski definition) is 2. The lowest BCUT2D eigenvalue weighted by Crippen LogP contribution is -2.53. The Morgan fingerprint density at radius 2 is 2.21 bits per heavy atom. The van der Waals surface area contributed by atoms with E-state index in [-0.39, 0.29) is 11.6 Å². The van der Waals surface area contributed by atoms with Crippen molar-refractivity contribution < 1.29 is 4.74 Å². The second-order valence-corrected chi connectivity index (χ2v) is 6.56. The predicted molar refractivity (Wildman–Crippen MR) is 81.1 cm³/mol. The molecule has 2 aliphatic carbocycles. The van der Waals surface area contributed by atoms with Gasteiger partial charge >= 0.3 is 0 Å². The molecular formula is C17H31NO. The Bertz CT molecular complexity index is 308. The van der Waals surface area contributed by atoms with Crippen LogP contribution in [-0.2, 0) is 4.74 Å². The van der Waals surface area contributed by atoms with Gasteiger partial charge in [-0.15, -0.1) is 0 Å². The summed E-state index contributed by atoms with van der Waals surface area (Å²) in [5.74, 6) is 0.748. The fraction of sp³-hybridized carbons (Fsp3) is 0.882. The molecule has 2 nitrogen and oxygen atoms in total. The van der Waals surface area contributed by atoms with E-state index in [1.807, 2.05) is 0 Å². The molecule has 3 unspecified atom stereocenters. The predicted octanol–water partition coefficient (Wildman–Crippen LogP) is 4.19. The molecule has 1 fully saturated rings. The molecule has 2 heteroatoms. The van der Waals surface area contributed by atoms with Crippen molar-refractivity contribution in [1.29, 1.82) is 0 Å². The molecule has 2 aliphatic rings. The Morgan fingerprint density at radius 3 is 2.95 bits per heavy atom. The van der Waals surface area contributed by atoms with Crippen LogP contribution < -0.4 is 5.73 Å². The molecule has 0 aliphatic heterocycles. The van der Waals surface area contributed by atoms with Gasteiger partial charge in [-0.1, -0.05) is 37.8 Å². The maximum absolute atomic E-state index is 6.68. The molecule has 0 aromatic carbocycles. The Kier molecular flexibility index (Phi) is 5.47. The summed E-state index contributed by atoms with van der Waals surface area (Å²) in [7, 11) is 0. The van der Waals surface area contributed by atoms with E-state index in [1.54, 1.807) is 0 Å². The molecule has 1 saturated carbocycles. The van der Waals surface area contributed by atoms with Crippen LogP contribution in [0.5, 0.6) is 0 Å². The van der Waals surface area contributed by atoms with Crippen LogP contribution in [0.4, 0.5) is 0 Å². The summed E-state index contributed by atoms with van der Waals surface area (Å²) in [5.41, 5.74) is 8.07. The summed E-state index contributed by atoms with van der Waals surface area (Å²) in [5, 5.41) is 0. The van der Waals surface area contributed by atoms with Crippen molar-refractivity contribution in [2.24, 2.45) is 11.7 Å². The summed E-state index contributed by atoms with van der Waals surface area (Å²) >= 11 is 0. The molecule has 3 atom stereocenters. The van der Waals surface area contributed by atoms with E-state index in [9.17, 15) is 0 Å². The minimum Gasteiger partial charge on any atom is -0.373 e. The number of ether oxygens (including phenoxy) is 1. The van der Waals surface area contributed by atoms with Crippen molar-refractivity contribution in [3.63, 3.8) is 0 Å². The molecule has 0 heterocycles. The zero-order valence-corrected chi connectivity index (χ0v) is 12.8. The first-order chi connectivity index (χ1) is 9.18. The van der Waals surface area contributed by atoms with E-state index in [0.29, 0.717) is 0 Å². The molecule has 0 radical (unpaired) electrons. The minimum absolute atomic E-state index is 0.0808. The molecule has 0 aromatic heterocycles. The highest BCUT2D eigenvalue weighted by Crippen LogP contribution is 2.40. The zero-order valence-electron chi connectivity index (χ0n) is 12.8. The highest BCUT2D eigenvalue weighted by molar-refractivity contribution is 5.18. The lowest BCUT2D eigenvalue weighted by atomic mass is 9.72. The first kappa shape index (κ1) is 15.1. The van der Waals surface area contributed by atoms with Crippen molar-refractivity contribution >= 4 is 0 Å². The second kappa shape index (κ2) is 6.90.